The van der Waals surface area contributed by atoms with E-state index in [2.05, 4.69) is 10.3 Å². The lowest BCUT2D eigenvalue weighted by Gasteiger charge is -2.38. The molecule has 138 valence electrons. The first-order chi connectivity index (χ1) is 11.9. The van der Waals surface area contributed by atoms with E-state index in [4.69, 9.17) is 9.84 Å². The van der Waals surface area contributed by atoms with E-state index in [1.807, 2.05) is 11.9 Å². The van der Waals surface area contributed by atoms with E-state index >= 15 is 0 Å². The summed E-state index contributed by atoms with van der Waals surface area (Å²) >= 11 is 1.25. The van der Waals surface area contributed by atoms with Crippen LogP contribution in [0.1, 0.15) is 15.5 Å². The van der Waals surface area contributed by atoms with Gasteiger partial charge in [-0.1, -0.05) is 0 Å². The second kappa shape index (κ2) is 8.88. The summed E-state index contributed by atoms with van der Waals surface area (Å²) in [5.41, 5.74) is 0.0107. The van der Waals surface area contributed by atoms with Gasteiger partial charge in [0, 0.05) is 45.1 Å². The SMILES string of the molecule is COCC(=O)N1CCN(C)C[C@@H]1C(=O)NCCc1nc(C(=O)O)cs1. The van der Waals surface area contributed by atoms with Gasteiger partial charge in [-0.15, -0.1) is 11.3 Å². The zero-order valence-electron chi connectivity index (χ0n) is 14.2. The highest BCUT2D eigenvalue weighted by atomic mass is 32.1. The van der Waals surface area contributed by atoms with Crippen molar-refractivity contribution in [2.75, 3.05) is 46.9 Å². The normalized spacial score (nSPS) is 18.2. The number of carbonyl (C=O) groups is 3. The number of amides is 2. The van der Waals surface area contributed by atoms with Crippen molar-refractivity contribution in [3.63, 3.8) is 0 Å². The second-order valence-corrected chi connectivity index (χ2v) is 6.71. The highest BCUT2D eigenvalue weighted by molar-refractivity contribution is 7.09. The smallest absolute Gasteiger partial charge is 0.355 e. The van der Waals surface area contributed by atoms with E-state index in [-0.39, 0.29) is 24.1 Å². The Morgan fingerprint density at radius 1 is 1.44 bits per heavy atom. The number of rotatable bonds is 7. The molecule has 1 aliphatic heterocycles. The van der Waals surface area contributed by atoms with Gasteiger partial charge in [0.05, 0.1) is 5.01 Å². The maximum atomic E-state index is 12.5. The summed E-state index contributed by atoms with van der Waals surface area (Å²) in [5, 5.41) is 13.8. The van der Waals surface area contributed by atoms with Gasteiger partial charge >= 0.3 is 5.97 Å². The molecule has 9 nitrogen and oxygen atoms in total. The number of aromatic nitrogens is 1. The zero-order valence-corrected chi connectivity index (χ0v) is 15.0. The fourth-order valence-electron chi connectivity index (χ4n) is 2.58. The fourth-order valence-corrected chi connectivity index (χ4v) is 3.36. The molecule has 25 heavy (non-hydrogen) atoms. The number of likely N-dealkylation sites (N-methyl/N-ethyl adjacent to an activating group) is 1. The van der Waals surface area contributed by atoms with Crippen molar-refractivity contribution < 1.29 is 24.2 Å². The minimum absolute atomic E-state index is 0.0107. The maximum Gasteiger partial charge on any atom is 0.355 e. The van der Waals surface area contributed by atoms with E-state index in [1.165, 1.54) is 23.8 Å². The van der Waals surface area contributed by atoms with Gasteiger partial charge in [0.25, 0.3) is 0 Å². The molecule has 0 unspecified atom stereocenters. The van der Waals surface area contributed by atoms with Crippen LogP contribution < -0.4 is 5.32 Å². The number of thiazole rings is 1. The fraction of sp³-hybridized carbons (Fsp3) is 0.600. The van der Waals surface area contributed by atoms with Crippen LogP contribution in [0, 0.1) is 0 Å². The van der Waals surface area contributed by atoms with Gasteiger partial charge in [-0.25, -0.2) is 9.78 Å². The van der Waals surface area contributed by atoms with Crippen LogP contribution in [0.5, 0.6) is 0 Å². The molecular formula is C15H22N4O5S. The third-order valence-electron chi connectivity index (χ3n) is 3.88. The summed E-state index contributed by atoms with van der Waals surface area (Å²) in [7, 11) is 3.35. The Bertz CT molecular complexity index is 635. The summed E-state index contributed by atoms with van der Waals surface area (Å²) in [4.78, 5) is 42.9. The first kappa shape index (κ1) is 19.3. The Balaban J connectivity index is 1.89. The zero-order chi connectivity index (χ0) is 18.4. The van der Waals surface area contributed by atoms with Gasteiger partial charge in [-0.05, 0) is 7.05 Å². The van der Waals surface area contributed by atoms with Gasteiger partial charge < -0.3 is 25.0 Å². The van der Waals surface area contributed by atoms with Crippen LogP contribution in [0.3, 0.4) is 0 Å². The molecule has 1 fully saturated rings. The van der Waals surface area contributed by atoms with Crippen molar-refractivity contribution in [1.29, 1.82) is 0 Å². The molecule has 0 bridgehead atoms. The van der Waals surface area contributed by atoms with Gasteiger partial charge in [0.2, 0.25) is 11.8 Å². The van der Waals surface area contributed by atoms with Crippen LogP contribution in [0.4, 0.5) is 0 Å². The molecule has 2 N–H and O–H groups in total. The first-order valence-corrected chi connectivity index (χ1v) is 8.72. The van der Waals surface area contributed by atoms with Gasteiger partial charge in [-0.3, -0.25) is 9.59 Å². The molecule has 0 radical (unpaired) electrons. The number of hydrogen-bond acceptors (Lipinski definition) is 7. The number of nitrogens with zero attached hydrogens (tertiary/aromatic N) is 3. The second-order valence-electron chi connectivity index (χ2n) is 5.77. The van der Waals surface area contributed by atoms with Crippen molar-refractivity contribution in [2.24, 2.45) is 0 Å². The predicted octanol–water partition coefficient (Wildman–Crippen LogP) is -0.711. The number of hydrogen-bond donors (Lipinski definition) is 2. The lowest BCUT2D eigenvalue weighted by atomic mass is 10.1. The lowest BCUT2D eigenvalue weighted by molar-refractivity contribution is -0.146. The minimum Gasteiger partial charge on any atom is -0.476 e. The van der Waals surface area contributed by atoms with Crippen molar-refractivity contribution in [2.45, 2.75) is 12.5 Å². The minimum atomic E-state index is -1.07. The molecule has 1 saturated heterocycles. The van der Waals surface area contributed by atoms with Crippen molar-refractivity contribution in [3.05, 3.63) is 16.1 Å². The average Bonchev–Trinajstić information content (AvgIpc) is 3.04. The summed E-state index contributed by atoms with van der Waals surface area (Å²) < 4.78 is 4.88. The molecule has 1 aromatic heterocycles. The summed E-state index contributed by atoms with van der Waals surface area (Å²) in [5.74, 6) is -1.50. The van der Waals surface area contributed by atoms with E-state index < -0.39 is 12.0 Å². The molecule has 0 spiro atoms. The Labute approximate surface area is 149 Å². The number of carboxylic acid groups (broad SMARTS) is 1. The van der Waals surface area contributed by atoms with Crippen LogP contribution in [0.25, 0.3) is 0 Å². The number of ether oxygens (including phenoxy) is 1. The third-order valence-corrected chi connectivity index (χ3v) is 4.79. The highest BCUT2D eigenvalue weighted by Crippen LogP contribution is 2.11. The molecule has 2 heterocycles. The highest BCUT2D eigenvalue weighted by Gasteiger charge is 2.33. The Morgan fingerprint density at radius 3 is 2.84 bits per heavy atom. The van der Waals surface area contributed by atoms with Crippen LogP contribution in [-0.2, 0) is 20.7 Å². The summed E-state index contributed by atoms with van der Waals surface area (Å²) in [6.45, 7) is 1.92. The largest absolute Gasteiger partial charge is 0.476 e. The van der Waals surface area contributed by atoms with Gasteiger partial charge in [-0.2, -0.15) is 0 Å². The van der Waals surface area contributed by atoms with Crippen LogP contribution in [-0.4, -0.2) is 90.7 Å². The molecule has 0 aliphatic carbocycles. The monoisotopic (exact) mass is 370 g/mol. The van der Waals surface area contributed by atoms with Crippen LogP contribution in [0.15, 0.2) is 5.38 Å². The number of nitrogens with one attached hydrogen (secondary N) is 1. The number of methoxy groups -OCH3 is 1. The number of carbonyl (C=O) groups excluding carboxylic acids is 2. The average molecular weight is 370 g/mol. The first-order valence-electron chi connectivity index (χ1n) is 7.84. The van der Waals surface area contributed by atoms with Crippen LogP contribution >= 0.6 is 11.3 Å². The van der Waals surface area contributed by atoms with E-state index in [0.29, 0.717) is 37.6 Å². The summed E-state index contributed by atoms with van der Waals surface area (Å²) in [6.07, 6.45) is 0.443. The molecule has 10 heteroatoms. The molecule has 0 saturated carbocycles. The Morgan fingerprint density at radius 2 is 2.20 bits per heavy atom. The van der Waals surface area contributed by atoms with Gasteiger partial charge in [0.1, 0.15) is 12.6 Å². The topological polar surface area (TPSA) is 112 Å². The predicted molar refractivity (Wildman–Crippen MR) is 90.7 cm³/mol. The van der Waals surface area contributed by atoms with Crippen LogP contribution in [0.2, 0.25) is 0 Å². The molecule has 2 rings (SSSR count). The third kappa shape index (κ3) is 5.21. The lowest BCUT2D eigenvalue weighted by Crippen LogP contribution is -2.60. The quantitative estimate of drug-likeness (QED) is 0.652. The number of aromatic carboxylic acids is 1. The summed E-state index contributed by atoms with van der Waals surface area (Å²) in [6, 6.07) is -0.563. The van der Waals surface area contributed by atoms with Crippen molar-refractivity contribution in [1.82, 2.24) is 20.1 Å². The molecule has 1 aromatic rings. The molecular weight excluding hydrogens is 348 g/mol. The van der Waals surface area contributed by atoms with Crippen molar-refractivity contribution in [3.8, 4) is 0 Å². The van der Waals surface area contributed by atoms with Crippen molar-refractivity contribution >= 4 is 29.1 Å². The van der Waals surface area contributed by atoms with E-state index in [1.54, 1.807) is 4.90 Å². The Hall–Kier alpha value is -2.04. The van der Waals surface area contributed by atoms with Gasteiger partial charge in [0.15, 0.2) is 5.69 Å². The van der Waals surface area contributed by atoms with E-state index in [9.17, 15) is 14.4 Å². The molecule has 0 aromatic carbocycles. The van der Waals surface area contributed by atoms with E-state index in [0.717, 1.165) is 0 Å². The Kier molecular flexibility index (Phi) is 6.85. The maximum absolute atomic E-state index is 12.5. The standard InChI is InChI=1S/C15H22N4O5S/c1-18-5-6-19(13(20)8-24-2)11(7-18)14(21)16-4-3-12-17-10(9-25-12)15(22)23/h9,11H,3-8H2,1-2H3,(H,16,21)(H,22,23)/t11-/m1/s1. The molecule has 1 aliphatic rings. The molecule has 1 atom stereocenters. The molecule has 2 amide bonds. The number of carboxylic acids is 1. The number of piperazine rings is 1.